The number of nitrogens with zero attached hydrogens (tertiary/aromatic N) is 6. The first-order chi connectivity index (χ1) is 37.6. The quantitative estimate of drug-likeness (QED) is 0.144. The number of nitriles is 1. The molecule has 1 aliphatic carbocycles. The van der Waals surface area contributed by atoms with E-state index in [0.717, 1.165) is 102 Å². The molecule has 0 aliphatic heterocycles. The first-order valence-electron chi connectivity index (χ1n) is 25.6. The molecule has 0 radical (unpaired) electrons. The lowest BCUT2D eigenvalue weighted by atomic mass is 9.91. The summed E-state index contributed by atoms with van der Waals surface area (Å²) in [6.45, 7) is 0. The fraction of sp³-hybridized carbons (Fsp3) is 0.0286. The second-order valence-electron chi connectivity index (χ2n) is 19.2. The Kier molecular flexibility index (Phi) is 10.8. The van der Waals surface area contributed by atoms with Gasteiger partial charge in [-0.2, -0.15) is 5.26 Å². The summed E-state index contributed by atoms with van der Waals surface area (Å²) in [5.74, 6) is 1.63. The fourth-order valence-electron chi connectivity index (χ4n) is 11.2. The van der Waals surface area contributed by atoms with Crippen LogP contribution in [0.2, 0.25) is 0 Å². The van der Waals surface area contributed by atoms with E-state index in [4.69, 9.17) is 15.0 Å². The van der Waals surface area contributed by atoms with E-state index in [0.29, 0.717) is 23.0 Å². The maximum atomic E-state index is 10.1. The Bertz CT molecular complexity index is 4390. The van der Waals surface area contributed by atoms with Crippen LogP contribution in [0.5, 0.6) is 0 Å². The third-order valence-corrected chi connectivity index (χ3v) is 14.8. The minimum absolute atomic E-state index is 0.503. The molecule has 14 rings (SSSR count). The number of allylic oxidation sites excluding steroid dienone is 1. The standard InChI is InChI=1S/C70H44N6/c71-45-46-18-17-27-51(40-46)54-34-36-64(75-62-30-15-13-28-56(62)59-42-52(32-37-65(59)75)47-19-5-1-6-20-47)58(41-54)55-35-39-67(76-63-31-16-14-29-57(63)60-43-53(33-38-66(60)76)48-21-7-2-8-22-48)61(44-55)70-73-68(49-23-9-3-10-24-49)72-69(74-70)50-25-11-4-12-26-50/h1-31,33-34,36,38,40-44H,32,37H2. The summed E-state index contributed by atoms with van der Waals surface area (Å²) >= 11 is 0. The SMILES string of the molecule is N#Cc1cccc(-c2ccc(-n3c4c(c5ccccc53)C=C(c3ccccc3)CC4)c(-c3c#cc(-n4c5ccccc5c5cc(-c6ccccc6)ccc54)c(-c4nc(-c5ccccc5)nc(-c5ccccc5)n4)c3)c2)c1. The van der Waals surface area contributed by atoms with E-state index in [2.05, 4.69) is 191 Å². The van der Waals surface area contributed by atoms with Crippen LogP contribution >= 0.6 is 0 Å². The van der Waals surface area contributed by atoms with Crippen LogP contribution in [0.1, 0.15) is 28.8 Å². The Labute approximate surface area is 440 Å². The lowest BCUT2D eigenvalue weighted by molar-refractivity contribution is 0.899. The van der Waals surface area contributed by atoms with Gasteiger partial charge in [0.2, 0.25) is 0 Å². The van der Waals surface area contributed by atoms with Crippen molar-refractivity contribution in [2.24, 2.45) is 0 Å². The summed E-state index contributed by atoms with van der Waals surface area (Å²) in [6, 6.07) is 92.2. The number of para-hydroxylation sites is 2. The average Bonchev–Trinajstić information content (AvgIpc) is 4.03. The first kappa shape index (κ1) is 44.3. The Morgan fingerprint density at radius 3 is 1.64 bits per heavy atom. The summed E-state index contributed by atoms with van der Waals surface area (Å²) in [7, 11) is 0. The summed E-state index contributed by atoms with van der Waals surface area (Å²) in [4.78, 5) is 15.9. The van der Waals surface area contributed by atoms with E-state index >= 15 is 0 Å². The van der Waals surface area contributed by atoms with Gasteiger partial charge in [0, 0.05) is 49.7 Å². The molecular formula is C70H44N6. The van der Waals surface area contributed by atoms with Crippen LogP contribution in [-0.4, -0.2) is 24.1 Å². The van der Waals surface area contributed by atoms with Crippen LogP contribution in [0.25, 0.3) is 123 Å². The summed E-state index contributed by atoms with van der Waals surface area (Å²) in [5, 5.41) is 13.5. The Morgan fingerprint density at radius 2 is 0.947 bits per heavy atom. The van der Waals surface area contributed by atoms with Crippen molar-refractivity contribution in [3.63, 3.8) is 0 Å². The summed E-state index contributed by atoms with van der Waals surface area (Å²) in [6.07, 6.45) is 4.15. The van der Waals surface area contributed by atoms with Crippen LogP contribution in [-0.2, 0) is 6.42 Å². The lowest BCUT2D eigenvalue weighted by Gasteiger charge is -2.20. The van der Waals surface area contributed by atoms with Gasteiger partial charge in [-0.25, -0.2) is 15.0 Å². The topological polar surface area (TPSA) is 72.3 Å². The predicted molar refractivity (Wildman–Crippen MR) is 309 cm³/mol. The van der Waals surface area contributed by atoms with Gasteiger partial charge in [-0.1, -0.05) is 188 Å². The zero-order valence-corrected chi connectivity index (χ0v) is 41.2. The van der Waals surface area contributed by atoms with E-state index in [1.807, 2.05) is 78.9 Å². The van der Waals surface area contributed by atoms with Gasteiger partial charge >= 0.3 is 0 Å². The highest BCUT2D eigenvalue weighted by Gasteiger charge is 2.26. The van der Waals surface area contributed by atoms with Crippen LogP contribution < -0.4 is 0 Å². The Balaban J connectivity index is 1.06. The summed E-state index contributed by atoms with van der Waals surface area (Å²) in [5.41, 5.74) is 19.1. The predicted octanol–water partition coefficient (Wildman–Crippen LogP) is 16.9. The van der Waals surface area contributed by atoms with Gasteiger partial charge < -0.3 is 9.13 Å². The molecule has 76 heavy (non-hydrogen) atoms. The smallest absolute Gasteiger partial charge is 0.166 e. The van der Waals surface area contributed by atoms with Crippen molar-refractivity contribution in [3.05, 3.63) is 271 Å². The highest BCUT2D eigenvalue weighted by molar-refractivity contribution is 6.11. The zero-order chi connectivity index (χ0) is 50.5. The van der Waals surface area contributed by atoms with Crippen LogP contribution in [0.3, 0.4) is 0 Å². The number of aromatic nitrogens is 5. The molecule has 0 N–H and O–H groups in total. The fourth-order valence-corrected chi connectivity index (χ4v) is 11.2. The van der Waals surface area contributed by atoms with Crippen LogP contribution in [0.15, 0.2) is 237 Å². The van der Waals surface area contributed by atoms with Gasteiger partial charge in [0.05, 0.1) is 39.4 Å². The third-order valence-electron chi connectivity index (χ3n) is 14.8. The minimum Gasteiger partial charge on any atom is -0.312 e. The first-order valence-corrected chi connectivity index (χ1v) is 25.6. The van der Waals surface area contributed by atoms with Gasteiger partial charge in [0.25, 0.3) is 0 Å². The van der Waals surface area contributed by atoms with Gasteiger partial charge in [-0.15, -0.1) is 0 Å². The monoisotopic (exact) mass is 968 g/mol. The molecule has 13 aromatic rings. The zero-order valence-electron chi connectivity index (χ0n) is 41.2. The molecule has 0 amide bonds. The largest absolute Gasteiger partial charge is 0.312 e. The molecule has 0 fully saturated rings. The van der Waals surface area contributed by atoms with E-state index in [1.54, 1.807) is 0 Å². The molecule has 0 saturated carbocycles. The maximum Gasteiger partial charge on any atom is 0.166 e. The average molecular weight is 969 g/mol. The van der Waals surface area contributed by atoms with E-state index in [-0.39, 0.29) is 0 Å². The molecule has 0 bridgehead atoms. The van der Waals surface area contributed by atoms with Crippen molar-refractivity contribution in [2.75, 3.05) is 0 Å². The van der Waals surface area contributed by atoms with Gasteiger partial charge in [0.1, 0.15) is 5.69 Å². The van der Waals surface area contributed by atoms with Crippen molar-refractivity contribution >= 4 is 44.4 Å². The van der Waals surface area contributed by atoms with E-state index in [9.17, 15) is 5.26 Å². The molecule has 354 valence electrons. The highest BCUT2D eigenvalue weighted by Crippen LogP contribution is 2.44. The minimum atomic E-state index is 0.503. The second kappa shape index (κ2) is 18.6. The normalized spacial score (nSPS) is 12.1. The number of fused-ring (bicyclic) bond motifs is 6. The van der Waals surface area contributed by atoms with Crippen molar-refractivity contribution in [2.45, 2.75) is 12.8 Å². The maximum absolute atomic E-state index is 10.1. The number of hydrogen-bond acceptors (Lipinski definition) is 4. The lowest BCUT2D eigenvalue weighted by Crippen LogP contribution is -2.07. The molecule has 0 unspecified atom stereocenters. The van der Waals surface area contributed by atoms with E-state index < -0.39 is 0 Å². The molecule has 6 nitrogen and oxygen atoms in total. The molecule has 1 aliphatic rings. The molecule has 0 atom stereocenters. The number of benzene rings is 9. The highest BCUT2D eigenvalue weighted by atomic mass is 15.1. The van der Waals surface area contributed by atoms with Gasteiger partial charge in [-0.3, -0.25) is 0 Å². The number of rotatable bonds is 9. The third kappa shape index (κ3) is 7.73. The van der Waals surface area contributed by atoms with E-state index in [1.165, 1.54) is 27.8 Å². The van der Waals surface area contributed by atoms with Crippen molar-refractivity contribution in [1.29, 1.82) is 5.26 Å². The Hall–Kier alpha value is -10.4. The molecule has 6 heteroatoms. The molecule has 3 aromatic heterocycles. The summed E-state index contributed by atoms with van der Waals surface area (Å²) < 4.78 is 4.75. The van der Waals surface area contributed by atoms with Crippen LogP contribution in [0, 0.1) is 23.5 Å². The second-order valence-corrected chi connectivity index (χ2v) is 19.2. The number of hydrogen-bond donors (Lipinski definition) is 0. The molecule has 0 saturated heterocycles. The van der Waals surface area contributed by atoms with Gasteiger partial charge in [0.15, 0.2) is 17.5 Å². The van der Waals surface area contributed by atoms with Gasteiger partial charge in [-0.05, 0) is 113 Å². The van der Waals surface area contributed by atoms with Crippen molar-refractivity contribution in [1.82, 2.24) is 24.1 Å². The molecular weight excluding hydrogens is 925 g/mol. The molecule has 3 heterocycles. The van der Waals surface area contributed by atoms with Crippen molar-refractivity contribution < 1.29 is 0 Å². The van der Waals surface area contributed by atoms with Crippen molar-refractivity contribution in [3.8, 4) is 85.0 Å². The van der Waals surface area contributed by atoms with Crippen LogP contribution in [0.4, 0.5) is 0 Å². The molecule has 0 spiro atoms. The Morgan fingerprint density at radius 1 is 0.395 bits per heavy atom. The molecule has 10 aromatic carbocycles.